The van der Waals surface area contributed by atoms with Gasteiger partial charge < -0.3 is 5.32 Å². The van der Waals surface area contributed by atoms with Crippen molar-refractivity contribution in [2.24, 2.45) is 0 Å². The summed E-state index contributed by atoms with van der Waals surface area (Å²) < 4.78 is 3.48. The number of halogens is 1. The number of para-hydroxylation sites is 1. The van der Waals surface area contributed by atoms with Crippen LogP contribution in [0.25, 0.3) is 16.7 Å². The maximum atomic E-state index is 12.9. The third-order valence-corrected chi connectivity index (χ3v) is 5.90. The van der Waals surface area contributed by atoms with Gasteiger partial charge in [-0.15, -0.1) is 10.2 Å². The fraction of sp³-hybridized carbons (Fsp3) is 0.238. The lowest BCUT2D eigenvalue weighted by molar-refractivity contribution is -0.113. The van der Waals surface area contributed by atoms with Crippen LogP contribution >= 0.6 is 23.4 Å². The van der Waals surface area contributed by atoms with Crippen molar-refractivity contribution >= 4 is 51.6 Å². The highest BCUT2D eigenvalue weighted by Gasteiger charge is 2.17. The van der Waals surface area contributed by atoms with Crippen LogP contribution in [-0.2, 0) is 11.3 Å². The lowest BCUT2D eigenvalue weighted by atomic mass is 10.2. The number of anilines is 1. The molecule has 9 heteroatoms. The van der Waals surface area contributed by atoms with Crippen molar-refractivity contribution in [3.63, 3.8) is 0 Å². The molecule has 2 aromatic carbocycles. The molecule has 0 spiro atoms. The number of hydrogen-bond donors (Lipinski definition) is 1. The minimum absolute atomic E-state index is 0.0851. The molecule has 0 saturated carbocycles. The molecule has 0 fully saturated rings. The number of aromatic nitrogens is 4. The zero-order valence-corrected chi connectivity index (χ0v) is 18.1. The average molecular weight is 442 g/mol. The van der Waals surface area contributed by atoms with E-state index < -0.39 is 0 Å². The van der Waals surface area contributed by atoms with Crippen molar-refractivity contribution < 1.29 is 4.79 Å². The number of amides is 1. The van der Waals surface area contributed by atoms with Gasteiger partial charge in [-0.2, -0.15) is 0 Å². The van der Waals surface area contributed by atoms with Crippen molar-refractivity contribution in [2.45, 2.75) is 32.0 Å². The number of rotatable bonds is 6. The normalized spacial score (nSPS) is 11.3. The summed E-state index contributed by atoms with van der Waals surface area (Å²) in [5.41, 5.74) is 2.25. The summed E-state index contributed by atoms with van der Waals surface area (Å²) in [6.45, 7) is 4.46. The predicted molar refractivity (Wildman–Crippen MR) is 121 cm³/mol. The highest BCUT2D eigenvalue weighted by atomic mass is 35.5. The van der Waals surface area contributed by atoms with Crippen LogP contribution in [0.15, 0.2) is 52.4 Å². The van der Waals surface area contributed by atoms with E-state index >= 15 is 0 Å². The van der Waals surface area contributed by atoms with Gasteiger partial charge in [0.2, 0.25) is 11.7 Å². The fourth-order valence-corrected chi connectivity index (χ4v) is 4.21. The Morgan fingerprint density at radius 1 is 1.20 bits per heavy atom. The number of carbonyl (C=O) groups is 1. The number of thioether (sulfide) groups is 1. The molecule has 2 heterocycles. The maximum absolute atomic E-state index is 12.9. The van der Waals surface area contributed by atoms with Crippen molar-refractivity contribution in [2.75, 3.05) is 11.1 Å². The Balaban J connectivity index is 1.66. The summed E-state index contributed by atoms with van der Waals surface area (Å²) in [5.74, 6) is 0.455. The van der Waals surface area contributed by atoms with Crippen molar-refractivity contribution in [3.05, 3.63) is 63.4 Å². The van der Waals surface area contributed by atoms with E-state index in [9.17, 15) is 9.59 Å². The summed E-state index contributed by atoms with van der Waals surface area (Å²) >= 11 is 7.30. The van der Waals surface area contributed by atoms with Crippen molar-refractivity contribution in [1.82, 2.24) is 19.2 Å². The molecule has 2 aromatic heterocycles. The first kappa shape index (κ1) is 20.4. The van der Waals surface area contributed by atoms with Crippen LogP contribution in [0.4, 0.5) is 5.69 Å². The highest BCUT2D eigenvalue weighted by molar-refractivity contribution is 7.99. The zero-order chi connectivity index (χ0) is 21.3. The second-order valence-corrected chi connectivity index (χ2v) is 8.27. The third-order valence-electron chi connectivity index (χ3n) is 4.73. The van der Waals surface area contributed by atoms with E-state index in [2.05, 4.69) is 15.5 Å². The van der Waals surface area contributed by atoms with Gasteiger partial charge in [0, 0.05) is 17.3 Å². The molecule has 1 amide bonds. The smallest absolute Gasteiger partial charge is 0.262 e. The van der Waals surface area contributed by atoms with Crippen molar-refractivity contribution in [3.8, 4) is 0 Å². The monoisotopic (exact) mass is 441 g/mol. The third kappa shape index (κ3) is 3.80. The van der Waals surface area contributed by atoms with Crippen molar-refractivity contribution in [1.29, 1.82) is 0 Å². The lowest BCUT2D eigenvalue weighted by Crippen LogP contribution is -2.23. The molecule has 4 rings (SSSR count). The topological polar surface area (TPSA) is 81.3 Å². The van der Waals surface area contributed by atoms with E-state index in [-0.39, 0.29) is 17.2 Å². The number of fused-ring (bicyclic) bond motifs is 3. The molecule has 1 N–H and O–H groups in total. The SMILES string of the molecule is CCCn1c(=O)c2ccccc2n2c(SCC(=O)Nc3cc(Cl)ccc3C)nnc12. The van der Waals surface area contributed by atoms with E-state index in [1.54, 1.807) is 22.8 Å². The van der Waals surface area contributed by atoms with E-state index in [1.165, 1.54) is 11.8 Å². The van der Waals surface area contributed by atoms with Crippen LogP contribution in [0, 0.1) is 6.92 Å². The summed E-state index contributed by atoms with van der Waals surface area (Å²) in [5, 5.41) is 13.1. The Morgan fingerprint density at radius 3 is 2.80 bits per heavy atom. The van der Waals surface area contributed by atoms with Gasteiger partial charge in [-0.25, -0.2) is 0 Å². The fourth-order valence-electron chi connectivity index (χ4n) is 3.30. The molecule has 0 saturated heterocycles. The van der Waals surface area contributed by atoms with Gasteiger partial charge in [-0.05, 0) is 43.2 Å². The molecular formula is C21H20ClN5O2S. The Kier molecular flexibility index (Phi) is 5.78. The van der Waals surface area contributed by atoms with Gasteiger partial charge >= 0.3 is 0 Å². The van der Waals surface area contributed by atoms with Gasteiger partial charge in [0.25, 0.3) is 5.56 Å². The number of nitrogens with zero attached hydrogens (tertiary/aromatic N) is 4. The van der Waals surface area contributed by atoms with E-state index in [1.807, 2.05) is 42.5 Å². The largest absolute Gasteiger partial charge is 0.325 e. The zero-order valence-electron chi connectivity index (χ0n) is 16.6. The number of carbonyl (C=O) groups excluding carboxylic acids is 1. The first-order chi connectivity index (χ1) is 14.5. The summed E-state index contributed by atoms with van der Waals surface area (Å²) in [4.78, 5) is 25.4. The molecule has 0 aliphatic carbocycles. The molecule has 0 aliphatic heterocycles. The van der Waals surface area contributed by atoms with Crippen LogP contribution in [0.5, 0.6) is 0 Å². The molecule has 4 aromatic rings. The van der Waals surface area contributed by atoms with Crippen LogP contribution in [-0.4, -0.2) is 30.8 Å². The number of nitrogens with one attached hydrogen (secondary N) is 1. The molecule has 0 bridgehead atoms. The summed E-state index contributed by atoms with van der Waals surface area (Å²) in [6.07, 6.45) is 0.796. The average Bonchev–Trinajstić information content (AvgIpc) is 3.16. The van der Waals surface area contributed by atoms with Gasteiger partial charge in [-0.1, -0.05) is 48.5 Å². The first-order valence-corrected chi connectivity index (χ1v) is 10.9. The van der Waals surface area contributed by atoms with Gasteiger partial charge in [0.15, 0.2) is 5.16 Å². The van der Waals surface area contributed by atoms with E-state index in [0.717, 1.165) is 17.5 Å². The molecule has 0 unspecified atom stereocenters. The predicted octanol–water partition coefficient (Wildman–Crippen LogP) is 4.15. The van der Waals surface area contributed by atoms with Crippen LogP contribution in [0.1, 0.15) is 18.9 Å². The number of aryl methyl sites for hydroxylation is 2. The highest BCUT2D eigenvalue weighted by Crippen LogP contribution is 2.23. The van der Waals surface area contributed by atoms with Crippen LogP contribution in [0.3, 0.4) is 0 Å². The Labute approximate surface area is 182 Å². The van der Waals surface area contributed by atoms with Gasteiger partial charge in [0.1, 0.15) is 0 Å². The molecule has 0 aliphatic rings. The van der Waals surface area contributed by atoms with Crippen LogP contribution in [0.2, 0.25) is 5.02 Å². The minimum atomic E-state index is -0.173. The van der Waals surface area contributed by atoms with Crippen LogP contribution < -0.4 is 10.9 Å². The molecule has 7 nitrogen and oxygen atoms in total. The molecule has 154 valence electrons. The molecule has 0 atom stereocenters. The minimum Gasteiger partial charge on any atom is -0.325 e. The second-order valence-electron chi connectivity index (χ2n) is 6.89. The molecular weight excluding hydrogens is 422 g/mol. The standard InChI is InChI=1S/C21H20ClN5O2S/c1-3-10-26-19(29)15-6-4-5-7-17(15)27-20(26)24-25-21(27)30-12-18(28)23-16-11-14(22)9-8-13(16)2/h4-9,11H,3,10,12H2,1-2H3,(H,23,28). The molecule has 30 heavy (non-hydrogen) atoms. The second kappa shape index (κ2) is 8.49. The number of benzene rings is 2. The van der Waals surface area contributed by atoms with Gasteiger partial charge in [-0.3, -0.25) is 18.6 Å². The lowest BCUT2D eigenvalue weighted by Gasteiger charge is -2.11. The summed E-state index contributed by atoms with van der Waals surface area (Å²) in [6, 6.07) is 12.7. The first-order valence-electron chi connectivity index (χ1n) is 9.55. The Hall–Kier alpha value is -2.84. The Bertz CT molecular complexity index is 1310. The number of hydrogen-bond acceptors (Lipinski definition) is 5. The quantitative estimate of drug-likeness (QED) is 0.454. The Morgan fingerprint density at radius 2 is 2.00 bits per heavy atom. The van der Waals surface area contributed by atoms with E-state index in [0.29, 0.717) is 33.6 Å². The molecule has 0 radical (unpaired) electrons. The summed E-state index contributed by atoms with van der Waals surface area (Å²) in [7, 11) is 0. The van der Waals surface area contributed by atoms with E-state index in [4.69, 9.17) is 11.6 Å². The maximum Gasteiger partial charge on any atom is 0.262 e. The van der Waals surface area contributed by atoms with Gasteiger partial charge in [0.05, 0.1) is 16.7 Å².